The van der Waals surface area contributed by atoms with Gasteiger partial charge in [-0.25, -0.2) is 0 Å². The smallest absolute Gasteiger partial charge is 0.491 e. The molecule has 21 heavy (non-hydrogen) atoms. The number of halogens is 3. The van der Waals surface area contributed by atoms with E-state index in [1.165, 1.54) is 0 Å². The summed E-state index contributed by atoms with van der Waals surface area (Å²) in [6.07, 6.45) is -4.63. The third-order valence-corrected chi connectivity index (χ3v) is 2.69. The quantitative estimate of drug-likeness (QED) is 0.712. The fraction of sp³-hybridized carbons (Fsp3) is 0.571. The molecule has 0 unspecified atom stereocenters. The monoisotopic (exact) mass is 307 g/mol. The summed E-state index contributed by atoms with van der Waals surface area (Å²) in [6, 6.07) is 5.59. The Balaban J connectivity index is 2.51. The Bertz CT molecular complexity index is 424. The first-order valence-electron chi connectivity index (χ1n) is 6.55. The molecule has 0 aliphatic carbocycles. The maximum absolute atomic E-state index is 11.9. The summed E-state index contributed by atoms with van der Waals surface area (Å²) in [5, 5.41) is 3.17. The van der Waals surface area contributed by atoms with Gasteiger partial charge in [-0.1, -0.05) is 18.2 Å². The van der Waals surface area contributed by atoms with Crippen LogP contribution in [0.25, 0.3) is 0 Å². The fourth-order valence-corrected chi connectivity index (χ4v) is 1.76. The van der Waals surface area contributed by atoms with Crippen molar-refractivity contribution in [2.75, 3.05) is 33.5 Å². The van der Waals surface area contributed by atoms with Crippen LogP contribution in [-0.4, -0.2) is 39.8 Å². The Morgan fingerprint density at radius 2 is 1.90 bits per heavy atom. The van der Waals surface area contributed by atoms with Crippen molar-refractivity contribution in [1.29, 1.82) is 0 Å². The standard InChI is InChI=1S/C14H20F3NO3/c1-11-4-3-5-12(10-18-6-7-19-2)13(11)20-8-9-21-14(15,16)17/h3-5,18H,6-10H2,1-2H3. The van der Waals surface area contributed by atoms with Crippen molar-refractivity contribution in [1.82, 2.24) is 5.32 Å². The number of hydrogen-bond donors (Lipinski definition) is 1. The molecular weight excluding hydrogens is 287 g/mol. The van der Waals surface area contributed by atoms with Gasteiger partial charge in [0, 0.05) is 25.8 Å². The number of methoxy groups -OCH3 is 1. The van der Waals surface area contributed by atoms with Gasteiger partial charge in [-0.05, 0) is 12.5 Å². The predicted octanol–water partition coefficient (Wildman–Crippen LogP) is 2.65. The first kappa shape index (κ1) is 17.7. The molecule has 4 nitrogen and oxygen atoms in total. The van der Waals surface area contributed by atoms with E-state index in [0.717, 1.165) is 11.1 Å². The maximum atomic E-state index is 11.9. The van der Waals surface area contributed by atoms with Crippen molar-refractivity contribution in [3.8, 4) is 5.75 Å². The summed E-state index contributed by atoms with van der Waals surface area (Å²) in [6.45, 7) is 2.98. The highest BCUT2D eigenvalue weighted by atomic mass is 19.4. The van der Waals surface area contributed by atoms with Crippen LogP contribution < -0.4 is 10.1 Å². The zero-order valence-electron chi connectivity index (χ0n) is 12.1. The van der Waals surface area contributed by atoms with Crippen molar-refractivity contribution in [3.63, 3.8) is 0 Å². The molecule has 1 N–H and O–H groups in total. The Hall–Kier alpha value is -1.31. The summed E-state index contributed by atoms with van der Waals surface area (Å²) >= 11 is 0. The van der Waals surface area contributed by atoms with E-state index >= 15 is 0 Å². The van der Waals surface area contributed by atoms with E-state index in [1.54, 1.807) is 7.11 Å². The normalized spacial score (nSPS) is 11.7. The largest absolute Gasteiger partial charge is 0.522 e. The van der Waals surface area contributed by atoms with Crippen molar-refractivity contribution in [2.45, 2.75) is 19.8 Å². The molecular formula is C14H20F3NO3. The van der Waals surface area contributed by atoms with Crippen LogP contribution in [0.2, 0.25) is 0 Å². The van der Waals surface area contributed by atoms with Crippen molar-refractivity contribution in [2.24, 2.45) is 0 Å². The number of nitrogens with one attached hydrogen (secondary N) is 1. The van der Waals surface area contributed by atoms with Crippen LogP contribution in [0.5, 0.6) is 5.75 Å². The number of alkyl halides is 3. The van der Waals surface area contributed by atoms with Crippen molar-refractivity contribution in [3.05, 3.63) is 29.3 Å². The Morgan fingerprint density at radius 3 is 2.57 bits per heavy atom. The number of ether oxygens (including phenoxy) is 3. The average Bonchev–Trinajstić information content (AvgIpc) is 2.40. The fourth-order valence-electron chi connectivity index (χ4n) is 1.76. The second kappa shape index (κ2) is 8.86. The molecule has 0 saturated carbocycles. The lowest BCUT2D eigenvalue weighted by molar-refractivity contribution is -0.325. The Morgan fingerprint density at radius 1 is 1.14 bits per heavy atom. The number of benzene rings is 1. The van der Waals surface area contributed by atoms with Crippen LogP contribution >= 0.6 is 0 Å². The number of aryl methyl sites for hydroxylation is 1. The van der Waals surface area contributed by atoms with Gasteiger partial charge in [0.1, 0.15) is 12.4 Å². The molecule has 7 heteroatoms. The number of rotatable bonds is 9. The third-order valence-electron chi connectivity index (χ3n) is 2.69. The molecule has 0 radical (unpaired) electrons. The minimum absolute atomic E-state index is 0.157. The lowest BCUT2D eigenvalue weighted by Gasteiger charge is -2.15. The summed E-state index contributed by atoms with van der Waals surface area (Å²) in [5.41, 5.74) is 1.76. The van der Waals surface area contributed by atoms with Gasteiger partial charge in [-0.15, -0.1) is 13.2 Å². The van der Waals surface area contributed by atoms with Gasteiger partial charge in [0.25, 0.3) is 0 Å². The predicted molar refractivity (Wildman–Crippen MR) is 72.3 cm³/mol. The minimum Gasteiger partial charge on any atom is -0.491 e. The summed E-state index contributed by atoms with van der Waals surface area (Å²) in [4.78, 5) is 0. The van der Waals surface area contributed by atoms with Gasteiger partial charge < -0.3 is 14.8 Å². The molecule has 0 amide bonds. The lowest BCUT2D eigenvalue weighted by Crippen LogP contribution is -2.20. The number of hydrogen-bond acceptors (Lipinski definition) is 4. The van der Waals surface area contributed by atoms with E-state index in [2.05, 4.69) is 10.1 Å². The minimum atomic E-state index is -4.63. The van der Waals surface area contributed by atoms with E-state index in [9.17, 15) is 13.2 Å². The van der Waals surface area contributed by atoms with E-state index in [4.69, 9.17) is 9.47 Å². The zero-order chi connectivity index (χ0) is 15.7. The summed E-state index contributed by atoms with van der Waals surface area (Å²) in [5.74, 6) is 0.591. The average molecular weight is 307 g/mol. The first-order valence-corrected chi connectivity index (χ1v) is 6.55. The van der Waals surface area contributed by atoms with Gasteiger partial charge in [0.05, 0.1) is 13.2 Å². The molecule has 1 rings (SSSR count). The van der Waals surface area contributed by atoms with Gasteiger partial charge in [0.2, 0.25) is 0 Å². The van der Waals surface area contributed by atoms with Gasteiger partial charge >= 0.3 is 6.36 Å². The topological polar surface area (TPSA) is 39.7 Å². The van der Waals surface area contributed by atoms with E-state index in [0.29, 0.717) is 25.4 Å². The van der Waals surface area contributed by atoms with Gasteiger partial charge in [-0.3, -0.25) is 4.74 Å². The van der Waals surface area contributed by atoms with Crippen LogP contribution in [0, 0.1) is 6.92 Å². The van der Waals surface area contributed by atoms with Crippen LogP contribution in [0.15, 0.2) is 18.2 Å². The molecule has 0 aliphatic heterocycles. The third kappa shape index (κ3) is 7.31. The Labute approximate surface area is 122 Å². The molecule has 0 bridgehead atoms. The molecule has 0 heterocycles. The van der Waals surface area contributed by atoms with E-state index in [1.807, 2.05) is 25.1 Å². The highest BCUT2D eigenvalue weighted by Crippen LogP contribution is 2.23. The van der Waals surface area contributed by atoms with E-state index in [-0.39, 0.29) is 6.61 Å². The molecule has 120 valence electrons. The van der Waals surface area contributed by atoms with Crippen LogP contribution in [0.3, 0.4) is 0 Å². The van der Waals surface area contributed by atoms with Crippen molar-refractivity contribution >= 4 is 0 Å². The molecule has 1 aromatic carbocycles. The summed E-state index contributed by atoms with van der Waals surface area (Å²) < 4.78 is 49.7. The second-order valence-electron chi connectivity index (χ2n) is 4.38. The SMILES string of the molecule is COCCNCc1cccc(C)c1OCCOC(F)(F)F. The molecule has 1 aromatic rings. The summed E-state index contributed by atoms with van der Waals surface area (Å²) in [7, 11) is 1.61. The van der Waals surface area contributed by atoms with Crippen LogP contribution in [0.4, 0.5) is 13.2 Å². The van der Waals surface area contributed by atoms with E-state index < -0.39 is 13.0 Å². The van der Waals surface area contributed by atoms with Crippen molar-refractivity contribution < 1.29 is 27.4 Å². The molecule has 0 aliphatic rings. The van der Waals surface area contributed by atoms with Gasteiger partial charge in [0.15, 0.2) is 0 Å². The van der Waals surface area contributed by atoms with Gasteiger partial charge in [-0.2, -0.15) is 0 Å². The molecule has 0 fully saturated rings. The second-order valence-corrected chi connectivity index (χ2v) is 4.38. The zero-order valence-corrected chi connectivity index (χ0v) is 12.1. The molecule has 0 atom stereocenters. The molecule has 0 saturated heterocycles. The molecule has 0 spiro atoms. The first-order chi connectivity index (χ1) is 9.94. The van der Waals surface area contributed by atoms with Crippen LogP contribution in [-0.2, 0) is 16.0 Å². The Kier molecular flexibility index (Phi) is 7.49. The molecule has 0 aromatic heterocycles. The maximum Gasteiger partial charge on any atom is 0.522 e. The number of para-hydroxylation sites is 1. The highest BCUT2D eigenvalue weighted by Gasteiger charge is 2.28. The highest BCUT2D eigenvalue weighted by molar-refractivity contribution is 5.40. The lowest BCUT2D eigenvalue weighted by atomic mass is 10.1. The van der Waals surface area contributed by atoms with Crippen LogP contribution in [0.1, 0.15) is 11.1 Å².